The van der Waals surface area contributed by atoms with Gasteiger partial charge >= 0.3 is 0 Å². The van der Waals surface area contributed by atoms with Crippen LogP contribution in [0.2, 0.25) is 0 Å². The Balaban J connectivity index is 1.82. The standard InChI is InChI=1S/C21H14N2O3S/c1-24-21-14(9-22)19(12-6-7-16-17(8-12)26-11-25-16)15-10-27-18-5-3-2-4-13(18)20(15)23-21/h2-8H,10-11H2,1H3. The van der Waals surface area contributed by atoms with Crippen LogP contribution in [0.25, 0.3) is 22.4 Å². The van der Waals surface area contributed by atoms with Gasteiger partial charge in [-0.15, -0.1) is 11.8 Å². The molecule has 1 aromatic heterocycles. The van der Waals surface area contributed by atoms with Crippen LogP contribution >= 0.6 is 11.8 Å². The van der Waals surface area contributed by atoms with Crippen LogP contribution in [0.1, 0.15) is 11.1 Å². The Kier molecular flexibility index (Phi) is 3.69. The molecule has 5 nitrogen and oxygen atoms in total. The second kappa shape index (κ2) is 6.22. The highest BCUT2D eigenvalue weighted by molar-refractivity contribution is 7.98. The normalized spacial score (nSPS) is 13.5. The molecule has 0 saturated carbocycles. The molecule has 27 heavy (non-hydrogen) atoms. The minimum atomic E-state index is 0.213. The Hall–Kier alpha value is -3.17. The van der Waals surface area contributed by atoms with E-state index < -0.39 is 0 Å². The van der Waals surface area contributed by atoms with Crippen LogP contribution in [0.4, 0.5) is 0 Å². The summed E-state index contributed by atoms with van der Waals surface area (Å²) in [5.74, 6) is 2.48. The molecule has 0 N–H and O–H groups in total. The number of aromatic nitrogens is 1. The fourth-order valence-electron chi connectivity index (χ4n) is 3.52. The number of hydrogen-bond donors (Lipinski definition) is 0. The molecule has 0 radical (unpaired) electrons. The highest BCUT2D eigenvalue weighted by Gasteiger charge is 2.27. The van der Waals surface area contributed by atoms with E-state index in [1.54, 1.807) is 18.9 Å². The van der Waals surface area contributed by atoms with E-state index in [1.165, 1.54) is 4.90 Å². The molecule has 2 aliphatic heterocycles. The summed E-state index contributed by atoms with van der Waals surface area (Å²) in [5.41, 5.74) is 5.15. The number of rotatable bonds is 2. The molecule has 132 valence electrons. The quantitative estimate of drug-likeness (QED) is 0.652. The first kappa shape index (κ1) is 16.0. The molecule has 0 amide bonds. The third-order valence-corrected chi connectivity index (χ3v) is 5.85. The maximum atomic E-state index is 9.85. The highest BCUT2D eigenvalue weighted by Crippen LogP contribution is 2.48. The van der Waals surface area contributed by atoms with E-state index in [2.05, 4.69) is 23.2 Å². The number of methoxy groups -OCH3 is 1. The van der Waals surface area contributed by atoms with Gasteiger partial charge in [-0.1, -0.05) is 24.3 Å². The predicted molar refractivity (Wildman–Crippen MR) is 102 cm³/mol. The molecule has 2 aromatic carbocycles. The number of ether oxygens (including phenoxy) is 3. The molecule has 0 fully saturated rings. The van der Waals surface area contributed by atoms with Crippen LogP contribution < -0.4 is 14.2 Å². The van der Waals surface area contributed by atoms with Crippen LogP contribution in [-0.2, 0) is 5.75 Å². The molecule has 0 unspecified atom stereocenters. The van der Waals surface area contributed by atoms with Crippen molar-refractivity contribution in [2.24, 2.45) is 0 Å². The van der Waals surface area contributed by atoms with Gasteiger partial charge in [-0.2, -0.15) is 5.26 Å². The molecule has 3 heterocycles. The lowest BCUT2D eigenvalue weighted by molar-refractivity contribution is 0.174. The van der Waals surface area contributed by atoms with Crippen molar-refractivity contribution in [3.05, 3.63) is 53.6 Å². The van der Waals surface area contributed by atoms with Crippen molar-refractivity contribution in [3.63, 3.8) is 0 Å². The fourth-order valence-corrected chi connectivity index (χ4v) is 4.60. The average molecular weight is 374 g/mol. The lowest BCUT2D eigenvalue weighted by atomic mass is 9.92. The van der Waals surface area contributed by atoms with Crippen LogP contribution in [0, 0.1) is 11.3 Å². The molecule has 6 heteroatoms. The number of hydrogen-bond acceptors (Lipinski definition) is 6. The Morgan fingerprint density at radius 2 is 2.00 bits per heavy atom. The summed E-state index contributed by atoms with van der Waals surface area (Å²) in [4.78, 5) is 5.87. The van der Waals surface area contributed by atoms with Gasteiger partial charge in [0, 0.05) is 21.8 Å². The van der Waals surface area contributed by atoms with Gasteiger partial charge in [0.15, 0.2) is 11.5 Å². The highest BCUT2D eigenvalue weighted by atomic mass is 32.2. The number of nitriles is 1. The Bertz CT molecular complexity index is 1120. The van der Waals surface area contributed by atoms with E-state index in [0.717, 1.165) is 33.7 Å². The summed E-state index contributed by atoms with van der Waals surface area (Å²) in [7, 11) is 1.54. The SMILES string of the molecule is COc1nc2c(c(-c3ccc4c(c3)OCO4)c1C#N)CSc1ccccc1-2. The van der Waals surface area contributed by atoms with Gasteiger partial charge in [-0.3, -0.25) is 0 Å². The molecule has 0 saturated heterocycles. The predicted octanol–water partition coefficient (Wildman–Crippen LogP) is 4.63. The van der Waals surface area contributed by atoms with Crippen molar-refractivity contribution in [2.75, 3.05) is 13.9 Å². The van der Waals surface area contributed by atoms with Crippen LogP contribution in [0.5, 0.6) is 17.4 Å². The largest absolute Gasteiger partial charge is 0.480 e. The molecular weight excluding hydrogens is 360 g/mol. The summed E-state index contributed by atoms with van der Waals surface area (Å²) in [6, 6.07) is 16.2. The molecule has 2 aliphatic rings. The molecule has 3 aromatic rings. The van der Waals surface area contributed by atoms with Gasteiger partial charge in [0.2, 0.25) is 12.7 Å². The molecular formula is C21H14N2O3S. The molecule has 0 spiro atoms. The minimum Gasteiger partial charge on any atom is -0.480 e. The third kappa shape index (κ3) is 2.43. The van der Waals surface area contributed by atoms with Gasteiger partial charge in [0.1, 0.15) is 11.6 Å². The Labute approximate surface area is 160 Å². The smallest absolute Gasteiger partial charge is 0.232 e. The number of thioether (sulfide) groups is 1. The zero-order chi connectivity index (χ0) is 18.4. The van der Waals surface area contributed by atoms with E-state index in [4.69, 9.17) is 14.2 Å². The van der Waals surface area contributed by atoms with E-state index in [9.17, 15) is 5.26 Å². The lowest BCUT2D eigenvalue weighted by Crippen LogP contribution is -2.06. The van der Waals surface area contributed by atoms with Crippen molar-refractivity contribution in [1.82, 2.24) is 4.98 Å². The first-order valence-electron chi connectivity index (χ1n) is 8.43. The fraction of sp³-hybridized carbons (Fsp3) is 0.143. The van der Waals surface area contributed by atoms with Gasteiger partial charge in [-0.25, -0.2) is 4.98 Å². The van der Waals surface area contributed by atoms with E-state index in [1.807, 2.05) is 30.3 Å². The van der Waals surface area contributed by atoms with Gasteiger partial charge in [-0.05, 0) is 29.3 Å². The van der Waals surface area contributed by atoms with Crippen LogP contribution in [0.15, 0.2) is 47.4 Å². The molecule has 0 bridgehead atoms. The number of nitrogens with zero attached hydrogens (tertiary/aromatic N) is 2. The third-order valence-electron chi connectivity index (χ3n) is 4.75. The Morgan fingerprint density at radius 1 is 1.15 bits per heavy atom. The van der Waals surface area contributed by atoms with E-state index in [0.29, 0.717) is 22.9 Å². The van der Waals surface area contributed by atoms with E-state index in [-0.39, 0.29) is 6.79 Å². The Morgan fingerprint density at radius 3 is 2.85 bits per heavy atom. The maximum absolute atomic E-state index is 9.85. The summed E-state index contributed by atoms with van der Waals surface area (Å²) in [6.45, 7) is 0.213. The van der Waals surface area contributed by atoms with Crippen molar-refractivity contribution in [3.8, 4) is 45.8 Å². The first-order valence-corrected chi connectivity index (χ1v) is 9.42. The molecule has 0 aliphatic carbocycles. The summed E-state index contributed by atoms with van der Waals surface area (Å²) in [6.07, 6.45) is 0. The van der Waals surface area contributed by atoms with Gasteiger partial charge < -0.3 is 14.2 Å². The molecule has 5 rings (SSSR count). The second-order valence-electron chi connectivity index (χ2n) is 6.16. The van der Waals surface area contributed by atoms with Gasteiger partial charge in [0.05, 0.1) is 12.8 Å². The van der Waals surface area contributed by atoms with Crippen LogP contribution in [-0.4, -0.2) is 18.9 Å². The summed E-state index contributed by atoms with van der Waals surface area (Å²) < 4.78 is 16.4. The number of fused-ring (bicyclic) bond motifs is 4. The van der Waals surface area contributed by atoms with Crippen molar-refractivity contribution in [2.45, 2.75) is 10.6 Å². The summed E-state index contributed by atoms with van der Waals surface area (Å²) >= 11 is 1.75. The van der Waals surface area contributed by atoms with Gasteiger partial charge in [0.25, 0.3) is 0 Å². The van der Waals surface area contributed by atoms with Crippen molar-refractivity contribution in [1.29, 1.82) is 5.26 Å². The number of benzene rings is 2. The molecule has 0 atom stereocenters. The summed E-state index contributed by atoms with van der Waals surface area (Å²) in [5, 5.41) is 9.85. The maximum Gasteiger partial charge on any atom is 0.232 e. The zero-order valence-electron chi connectivity index (χ0n) is 14.5. The van der Waals surface area contributed by atoms with Crippen LogP contribution in [0.3, 0.4) is 0 Å². The van der Waals surface area contributed by atoms with E-state index >= 15 is 0 Å². The van der Waals surface area contributed by atoms with Crippen molar-refractivity contribution < 1.29 is 14.2 Å². The monoisotopic (exact) mass is 374 g/mol. The minimum absolute atomic E-state index is 0.213. The topological polar surface area (TPSA) is 64.4 Å². The average Bonchev–Trinajstić information content (AvgIpc) is 3.19. The van der Waals surface area contributed by atoms with Crippen molar-refractivity contribution >= 4 is 11.8 Å². The number of pyridine rings is 1. The lowest BCUT2D eigenvalue weighted by Gasteiger charge is -2.23. The second-order valence-corrected chi connectivity index (χ2v) is 7.18. The first-order chi connectivity index (χ1) is 13.3. The zero-order valence-corrected chi connectivity index (χ0v) is 15.3.